The first-order valence-electron chi connectivity index (χ1n) is 10.3. The van der Waals surface area contributed by atoms with Crippen molar-refractivity contribution in [2.75, 3.05) is 19.8 Å². The highest BCUT2D eigenvalue weighted by atomic mass is 19.1. The molecule has 6 heteroatoms. The summed E-state index contributed by atoms with van der Waals surface area (Å²) in [4.78, 5) is 12.7. The normalized spacial score (nSPS) is 18.4. The molecule has 1 aliphatic heterocycles. The molecule has 1 amide bonds. The van der Waals surface area contributed by atoms with Crippen molar-refractivity contribution in [2.24, 2.45) is 0 Å². The minimum absolute atomic E-state index is 0.113. The second kappa shape index (κ2) is 11.5. The maximum absolute atomic E-state index is 13.3. The molecule has 0 aromatic heterocycles. The fourth-order valence-electron chi connectivity index (χ4n) is 3.34. The van der Waals surface area contributed by atoms with Crippen LogP contribution in [0.3, 0.4) is 0 Å². The van der Waals surface area contributed by atoms with E-state index in [9.17, 15) is 9.18 Å². The molecule has 3 rings (SSSR count). The van der Waals surface area contributed by atoms with Crippen molar-refractivity contribution < 1.29 is 23.8 Å². The second-order valence-electron chi connectivity index (χ2n) is 7.27. The van der Waals surface area contributed by atoms with Gasteiger partial charge in [0.25, 0.3) is 5.91 Å². The molecule has 0 fully saturated rings. The Labute approximate surface area is 176 Å². The molecule has 0 saturated carbocycles. The maximum atomic E-state index is 13.3. The average Bonchev–Trinajstić information content (AvgIpc) is 2.78. The molecule has 0 bridgehead atoms. The summed E-state index contributed by atoms with van der Waals surface area (Å²) in [6.07, 6.45) is 3.82. The van der Waals surface area contributed by atoms with Crippen molar-refractivity contribution in [3.8, 4) is 0 Å². The van der Waals surface area contributed by atoms with Gasteiger partial charge in [-0.15, -0.1) is 0 Å². The van der Waals surface area contributed by atoms with Gasteiger partial charge in [0.2, 0.25) is 6.29 Å². The van der Waals surface area contributed by atoms with Gasteiger partial charge in [0, 0.05) is 25.5 Å². The van der Waals surface area contributed by atoms with E-state index in [0.29, 0.717) is 32.4 Å². The van der Waals surface area contributed by atoms with Crippen molar-refractivity contribution in [1.29, 1.82) is 0 Å². The number of hydrogen-bond donors (Lipinski definition) is 2. The van der Waals surface area contributed by atoms with Crippen molar-refractivity contribution in [1.82, 2.24) is 5.32 Å². The Morgan fingerprint density at radius 2 is 1.90 bits per heavy atom. The third kappa shape index (κ3) is 6.68. The van der Waals surface area contributed by atoms with Crippen LogP contribution in [0.1, 0.15) is 36.3 Å². The number of unbranched alkanes of at least 4 members (excludes halogenated alkanes) is 1. The second-order valence-corrected chi connectivity index (χ2v) is 7.27. The number of rotatable bonds is 10. The molecule has 2 aromatic carbocycles. The molecule has 1 heterocycles. The first-order valence-corrected chi connectivity index (χ1v) is 10.3. The van der Waals surface area contributed by atoms with Crippen LogP contribution in [-0.2, 0) is 20.7 Å². The highest BCUT2D eigenvalue weighted by Crippen LogP contribution is 2.31. The molecule has 0 spiro atoms. The molecular formula is C24H28FNO4. The summed E-state index contributed by atoms with van der Waals surface area (Å²) in [6.45, 7) is 1.04. The lowest BCUT2D eigenvalue weighted by Gasteiger charge is -2.29. The van der Waals surface area contributed by atoms with Crippen molar-refractivity contribution in [3.05, 3.63) is 83.4 Å². The molecule has 5 nitrogen and oxygen atoms in total. The van der Waals surface area contributed by atoms with Gasteiger partial charge in [-0.3, -0.25) is 4.79 Å². The Balaban J connectivity index is 1.64. The summed E-state index contributed by atoms with van der Waals surface area (Å²) in [5, 5.41) is 11.8. The molecule has 0 saturated heterocycles. The van der Waals surface area contributed by atoms with Crippen LogP contribution in [0.5, 0.6) is 0 Å². The van der Waals surface area contributed by atoms with Gasteiger partial charge in [-0.05, 0) is 48.6 Å². The smallest absolute Gasteiger partial charge is 0.286 e. The van der Waals surface area contributed by atoms with Gasteiger partial charge < -0.3 is 19.9 Å². The summed E-state index contributed by atoms with van der Waals surface area (Å²) in [7, 11) is 0. The minimum atomic E-state index is -0.571. The summed E-state index contributed by atoms with van der Waals surface area (Å²) >= 11 is 0. The van der Waals surface area contributed by atoms with Crippen molar-refractivity contribution >= 4 is 5.91 Å². The predicted octanol–water partition coefficient (Wildman–Crippen LogP) is 3.69. The van der Waals surface area contributed by atoms with Gasteiger partial charge in [0.05, 0.1) is 6.61 Å². The van der Waals surface area contributed by atoms with Gasteiger partial charge in [-0.2, -0.15) is 0 Å². The Morgan fingerprint density at radius 1 is 1.13 bits per heavy atom. The lowest BCUT2D eigenvalue weighted by molar-refractivity contribution is -0.146. The quantitative estimate of drug-likeness (QED) is 0.583. The largest absolute Gasteiger partial charge is 0.459 e. The number of amides is 1. The number of aliphatic hydroxyl groups is 1. The van der Waals surface area contributed by atoms with Crippen LogP contribution in [-0.4, -0.2) is 37.1 Å². The molecule has 2 aromatic rings. The minimum Gasteiger partial charge on any atom is -0.459 e. The van der Waals surface area contributed by atoms with Crippen LogP contribution in [0.4, 0.5) is 4.39 Å². The number of ether oxygens (including phenoxy) is 2. The van der Waals surface area contributed by atoms with E-state index in [-0.39, 0.29) is 30.0 Å². The van der Waals surface area contributed by atoms with Crippen LogP contribution >= 0.6 is 0 Å². The van der Waals surface area contributed by atoms with Gasteiger partial charge in [0.1, 0.15) is 5.82 Å². The fraction of sp³-hybridized carbons (Fsp3) is 0.375. The topological polar surface area (TPSA) is 67.8 Å². The number of hydrogen-bond acceptors (Lipinski definition) is 4. The van der Waals surface area contributed by atoms with Gasteiger partial charge in [-0.25, -0.2) is 4.39 Å². The summed E-state index contributed by atoms with van der Waals surface area (Å²) in [5.41, 5.74) is 2.05. The standard InChI is InChI=1S/C24H28FNO4/c25-21-10-8-19(9-11-21)20-16-22(30-23(17-20)29-15-5-4-14-27)24(28)26-13-12-18-6-2-1-3-7-18/h1-3,6-11,16,20,23,27H,4-5,12-15,17H2,(H,26,28)/t20-,23+/m0/s1. The molecule has 2 atom stereocenters. The number of carbonyl (C=O) groups excluding carboxylic acids is 1. The number of carbonyl (C=O) groups is 1. The number of allylic oxidation sites excluding steroid dienone is 1. The van der Waals surface area contributed by atoms with Crippen molar-refractivity contribution in [3.63, 3.8) is 0 Å². The van der Waals surface area contributed by atoms with E-state index in [4.69, 9.17) is 14.6 Å². The van der Waals surface area contributed by atoms with E-state index in [1.54, 1.807) is 18.2 Å². The van der Waals surface area contributed by atoms with Crippen LogP contribution in [0.15, 0.2) is 66.4 Å². The van der Waals surface area contributed by atoms with E-state index in [0.717, 1.165) is 17.5 Å². The van der Waals surface area contributed by atoms with Crippen LogP contribution < -0.4 is 5.32 Å². The Morgan fingerprint density at radius 3 is 2.63 bits per heavy atom. The lowest BCUT2D eigenvalue weighted by atomic mass is 9.93. The van der Waals surface area contributed by atoms with Crippen LogP contribution in [0, 0.1) is 5.82 Å². The van der Waals surface area contributed by atoms with Gasteiger partial charge in [0.15, 0.2) is 5.76 Å². The van der Waals surface area contributed by atoms with Gasteiger partial charge in [-0.1, -0.05) is 42.5 Å². The van der Waals surface area contributed by atoms with Crippen LogP contribution in [0.25, 0.3) is 0 Å². The third-order valence-corrected chi connectivity index (χ3v) is 4.98. The molecule has 160 valence electrons. The summed E-state index contributed by atoms with van der Waals surface area (Å²) < 4.78 is 24.9. The summed E-state index contributed by atoms with van der Waals surface area (Å²) in [6, 6.07) is 16.2. The zero-order valence-corrected chi connectivity index (χ0v) is 16.9. The van der Waals surface area contributed by atoms with E-state index >= 15 is 0 Å². The SMILES string of the molecule is O=C(NCCc1ccccc1)C1=C[C@H](c2ccc(F)cc2)C[C@H](OCCCCO)O1. The molecule has 30 heavy (non-hydrogen) atoms. The van der Waals surface area contributed by atoms with Gasteiger partial charge >= 0.3 is 0 Å². The van der Waals surface area contributed by atoms with E-state index in [1.165, 1.54) is 12.1 Å². The third-order valence-electron chi connectivity index (χ3n) is 4.98. The van der Waals surface area contributed by atoms with E-state index in [1.807, 2.05) is 30.3 Å². The molecule has 0 unspecified atom stereocenters. The number of halogens is 1. The fourth-order valence-corrected chi connectivity index (χ4v) is 3.34. The van der Waals surface area contributed by atoms with Crippen molar-refractivity contribution in [2.45, 2.75) is 37.9 Å². The number of nitrogens with one attached hydrogen (secondary N) is 1. The van der Waals surface area contributed by atoms with Crippen LogP contribution in [0.2, 0.25) is 0 Å². The first-order chi connectivity index (χ1) is 14.7. The Hall–Kier alpha value is -2.70. The molecule has 1 aliphatic rings. The zero-order valence-electron chi connectivity index (χ0n) is 16.9. The average molecular weight is 413 g/mol. The zero-order chi connectivity index (χ0) is 21.2. The highest BCUT2D eigenvalue weighted by Gasteiger charge is 2.28. The van der Waals surface area contributed by atoms with E-state index < -0.39 is 6.29 Å². The van der Waals surface area contributed by atoms with E-state index in [2.05, 4.69) is 5.32 Å². The number of benzene rings is 2. The molecule has 0 aliphatic carbocycles. The predicted molar refractivity (Wildman–Crippen MR) is 112 cm³/mol. The first kappa shape index (κ1) is 22.0. The Bertz CT molecular complexity index is 823. The lowest BCUT2D eigenvalue weighted by Crippen LogP contribution is -2.34. The molecule has 0 radical (unpaired) electrons. The maximum Gasteiger partial charge on any atom is 0.286 e. The molecule has 2 N–H and O–H groups in total. The Kier molecular flexibility index (Phi) is 8.41. The monoisotopic (exact) mass is 413 g/mol. The summed E-state index contributed by atoms with van der Waals surface area (Å²) in [5.74, 6) is -0.486. The highest BCUT2D eigenvalue weighted by molar-refractivity contribution is 5.91. The number of aliphatic hydroxyl groups excluding tert-OH is 1. The molecular weight excluding hydrogens is 385 g/mol.